The van der Waals surface area contributed by atoms with Gasteiger partial charge in [0, 0.05) is 12.1 Å². The Hall–Kier alpha value is -2.80. The lowest BCUT2D eigenvalue weighted by molar-refractivity contribution is -0.118. The number of hydrogen-bond donors (Lipinski definition) is 1. The number of benzene rings is 2. The minimum absolute atomic E-state index is 0.0669. The van der Waals surface area contributed by atoms with E-state index in [2.05, 4.69) is 48.4 Å². The fraction of sp³-hybridized carbons (Fsp3) is 0.348. The summed E-state index contributed by atoms with van der Waals surface area (Å²) < 4.78 is 10.8. The van der Waals surface area contributed by atoms with Crippen molar-refractivity contribution in [3.63, 3.8) is 0 Å². The van der Waals surface area contributed by atoms with Crippen molar-refractivity contribution in [2.24, 2.45) is 0 Å². The van der Waals surface area contributed by atoms with E-state index in [9.17, 15) is 4.79 Å². The van der Waals surface area contributed by atoms with E-state index in [0.717, 1.165) is 23.3 Å². The van der Waals surface area contributed by atoms with Gasteiger partial charge in [0.1, 0.15) is 5.75 Å². The van der Waals surface area contributed by atoms with Gasteiger partial charge in [0.15, 0.2) is 0 Å². The molecule has 0 unspecified atom stereocenters. The van der Waals surface area contributed by atoms with Gasteiger partial charge < -0.3 is 14.5 Å². The molecule has 3 rings (SSSR count). The van der Waals surface area contributed by atoms with Crippen LogP contribution in [0.4, 0.5) is 0 Å². The van der Waals surface area contributed by atoms with E-state index in [1.54, 1.807) is 7.11 Å². The molecule has 3 aromatic rings. The number of ether oxygens (including phenoxy) is 1. The van der Waals surface area contributed by atoms with Gasteiger partial charge in [0.25, 0.3) is 5.22 Å². The molecule has 1 N–H and O–H groups in total. The van der Waals surface area contributed by atoms with Crippen molar-refractivity contribution in [3.8, 4) is 17.2 Å². The summed E-state index contributed by atoms with van der Waals surface area (Å²) in [5, 5.41) is 11.4. The Kier molecular flexibility index (Phi) is 7.15. The monoisotopic (exact) mass is 425 g/mol. The number of nitrogens with zero attached hydrogens (tertiary/aromatic N) is 2. The number of hydrogen-bond acceptors (Lipinski definition) is 6. The van der Waals surface area contributed by atoms with Gasteiger partial charge in [-0.25, -0.2) is 0 Å². The summed E-state index contributed by atoms with van der Waals surface area (Å²) in [7, 11) is 1.64. The third-order valence-corrected chi connectivity index (χ3v) is 5.44. The highest BCUT2D eigenvalue weighted by Crippen LogP contribution is 2.27. The molecule has 0 aliphatic carbocycles. The summed E-state index contributed by atoms with van der Waals surface area (Å²) in [5.41, 5.74) is 3.34. The summed E-state index contributed by atoms with van der Waals surface area (Å²) in [6.45, 7) is 7.09. The van der Waals surface area contributed by atoms with E-state index in [-0.39, 0.29) is 17.1 Å². The molecule has 0 saturated heterocycles. The normalized spacial score (nSPS) is 11.3. The van der Waals surface area contributed by atoms with Crippen LogP contribution >= 0.6 is 11.8 Å². The van der Waals surface area contributed by atoms with Gasteiger partial charge >= 0.3 is 0 Å². The molecule has 0 bridgehead atoms. The molecule has 0 saturated carbocycles. The van der Waals surface area contributed by atoms with Gasteiger partial charge in [-0.3, -0.25) is 4.79 Å². The smallest absolute Gasteiger partial charge is 0.277 e. The molecule has 158 valence electrons. The second kappa shape index (κ2) is 9.80. The van der Waals surface area contributed by atoms with E-state index in [1.807, 2.05) is 36.4 Å². The molecule has 0 atom stereocenters. The number of carbonyl (C=O) groups is 1. The number of rotatable bonds is 8. The lowest BCUT2D eigenvalue weighted by Gasteiger charge is -2.18. The van der Waals surface area contributed by atoms with E-state index in [4.69, 9.17) is 9.15 Å². The highest BCUT2D eigenvalue weighted by atomic mass is 32.2. The highest BCUT2D eigenvalue weighted by Gasteiger charge is 2.15. The van der Waals surface area contributed by atoms with Crippen LogP contribution < -0.4 is 10.1 Å². The average molecular weight is 426 g/mol. The van der Waals surface area contributed by atoms with Crippen molar-refractivity contribution in [2.45, 2.75) is 37.8 Å². The molecule has 0 spiro atoms. The molecule has 1 aromatic heterocycles. The van der Waals surface area contributed by atoms with Gasteiger partial charge in [-0.2, -0.15) is 0 Å². The zero-order valence-electron chi connectivity index (χ0n) is 17.8. The summed E-state index contributed by atoms with van der Waals surface area (Å²) in [5.74, 6) is 1.44. The number of methoxy groups -OCH3 is 1. The first kappa shape index (κ1) is 21.9. The molecule has 0 fully saturated rings. The van der Waals surface area contributed by atoms with E-state index < -0.39 is 0 Å². The Morgan fingerprint density at radius 3 is 2.40 bits per heavy atom. The molecule has 30 heavy (non-hydrogen) atoms. The van der Waals surface area contributed by atoms with Crippen LogP contribution in [-0.2, 0) is 16.6 Å². The zero-order valence-corrected chi connectivity index (χ0v) is 18.6. The van der Waals surface area contributed by atoms with Gasteiger partial charge in [-0.15, -0.1) is 10.2 Å². The van der Waals surface area contributed by atoms with Crippen LogP contribution in [0.1, 0.15) is 31.9 Å². The Labute approximate surface area is 181 Å². The molecule has 1 heterocycles. The maximum absolute atomic E-state index is 12.1. The van der Waals surface area contributed by atoms with Gasteiger partial charge in [0.2, 0.25) is 11.8 Å². The third kappa shape index (κ3) is 6.10. The van der Waals surface area contributed by atoms with Crippen LogP contribution in [-0.4, -0.2) is 35.5 Å². The Bertz CT molecular complexity index is 961. The fourth-order valence-corrected chi connectivity index (χ4v) is 3.41. The lowest BCUT2D eigenvalue weighted by Crippen LogP contribution is -2.27. The average Bonchev–Trinajstić information content (AvgIpc) is 3.21. The Morgan fingerprint density at radius 2 is 1.77 bits per heavy atom. The molecule has 6 nitrogen and oxygen atoms in total. The van der Waals surface area contributed by atoms with Crippen LogP contribution in [0.15, 0.2) is 58.2 Å². The van der Waals surface area contributed by atoms with Gasteiger partial charge in [-0.1, -0.05) is 56.8 Å². The number of aromatic nitrogens is 2. The van der Waals surface area contributed by atoms with Crippen molar-refractivity contribution in [3.05, 3.63) is 59.7 Å². The van der Waals surface area contributed by atoms with E-state index in [0.29, 0.717) is 17.7 Å². The number of amides is 1. The first-order valence-electron chi connectivity index (χ1n) is 9.82. The molecule has 0 radical (unpaired) electrons. The summed E-state index contributed by atoms with van der Waals surface area (Å²) in [6.07, 6.45) is 0.760. The lowest BCUT2D eigenvalue weighted by atomic mass is 9.87. The summed E-state index contributed by atoms with van der Waals surface area (Å²) in [4.78, 5) is 12.1. The summed E-state index contributed by atoms with van der Waals surface area (Å²) >= 11 is 1.23. The largest absolute Gasteiger partial charge is 0.497 e. The number of thioether (sulfide) groups is 1. The van der Waals surface area contributed by atoms with Gasteiger partial charge in [-0.05, 0) is 47.2 Å². The Balaban J connectivity index is 1.44. The van der Waals surface area contributed by atoms with Crippen LogP contribution in [0.3, 0.4) is 0 Å². The fourth-order valence-electron chi connectivity index (χ4n) is 2.81. The van der Waals surface area contributed by atoms with Crippen molar-refractivity contribution in [1.29, 1.82) is 0 Å². The van der Waals surface area contributed by atoms with Crippen molar-refractivity contribution in [1.82, 2.24) is 15.5 Å². The second-order valence-electron chi connectivity index (χ2n) is 7.94. The molecular formula is C23H27N3O3S. The van der Waals surface area contributed by atoms with Crippen LogP contribution in [0.2, 0.25) is 0 Å². The van der Waals surface area contributed by atoms with Crippen molar-refractivity contribution in [2.75, 3.05) is 19.4 Å². The van der Waals surface area contributed by atoms with Crippen LogP contribution in [0, 0.1) is 0 Å². The number of carbonyl (C=O) groups excluding carboxylic acids is 1. The zero-order chi connectivity index (χ0) is 21.6. The quantitative estimate of drug-likeness (QED) is 0.536. The molecule has 2 aromatic carbocycles. The molecule has 0 aliphatic heterocycles. The molecule has 1 amide bonds. The standard InChI is InChI=1S/C23H27N3O3S/c1-23(2,3)18-9-7-17(8-10-18)21-25-26-22(29-21)30-15-20(27)24-14-13-16-5-11-19(28-4)12-6-16/h5-12H,13-15H2,1-4H3,(H,24,27). The van der Waals surface area contributed by atoms with Crippen molar-refractivity contribution >= 4 is 17.7 Å². The molecule has 0 aliphatic rings. The third-order valence-electron chi connectivity index (χ3n) is 4.63. The van der Waals surface area contributed by atoms with Crippen molar-refractivity contribution < 1.29 is 13.9 Å². The maximum Gasteiger partial charge on any atom is 0.277 e. The van der Waals surface area contributed by atoms with E-state index >= 15 is 0 Å². The number of nitrogens with one attached hydrogen (secondary N) is 1. The van der Waals surface area contributed by atoms with Crippen LogP contribution in [0.25, 0.3) is 11.5 Å². The second-order valence-corrected chi connectivity index (χ2v) is 8.86. The molecular weight excluding hydrogens is 398 g/mol. The highest BCUT2D eigenvalue weighted by molar-refractivity contribution is 7.99. The molecule has 7 heteroatoms. The van der Waals surface area contributed by atoms with Gasteiger partial charge in [0.05, 0.1) is 12.9 Å². The topological polar surface area (TPSA) is 77.2 Å². The first-order chi connectivity index (χ1) is 14.3. The predicted octanol–water partition coefficient (Wildman–Crippen LogP) is 4.49. The first-order valence-corrected chi connectivity index (χ1v) is 10.8. The van der Waals surface area contributed by atoms with E-state index in [1.165, 1.54) is 17.3 Å². The SMILES string of the molecule is COc1ccc(CCNC(=O)CSc2nnc(-c3ccc(C(C)(C)C)cc3)o2)cc1. The maximum atomic E-state index is 12.1. The van der Waals surface area contributed by atoms with Crippen LogP contribution in [0.5, 0.6) is 5.75 Å². The minimum Gasteiger partial charge on any atom is -0.497 e. The minimum atomic E-state index is -0.0669. The predicted molar refractivity (Wildman–Crippen MR) is 119 cm³/mol. The Morgan fingerprint density at radius 1 is 1.07 bits per heavy atom. The summed E-state index contributed by atoms with van der Waals surface area (Å²) in [6, 6.07) is 15.9.